The number of hydrogen-bond acceptors (Lipinski definition) is 2. The molecule has 2 aromatic carbocycles. The largest absolute Gasteiger partial charge is 0.349 e. The van der Waals surface area contributed by atoms with Gasteiger partial charge in [0, 0.05) is 27.9 Å². The Hall–Kier alpha value is -2.27. The van der Waals surface area contributed by atoms with Crippen LogP contribution in [0.1, 0.15) is 54.9 Å². The molecular formula is C25H26BrFN2O. The van der Waals surface area contributed by atoms with Gasteiger partial charge in [-0.3, -0.25) is 4.79 Å². The summed E-state index contributed by atoms with van der Waals surface area (Å²) in [6, 6.07) is 14.3. The second-order valence-corrected chi connectivity index (χ2v) is 8.67. The Morgan fingerprint density at radius 2 is 1.83 bits per heavy atom. The third kappa shape index (κ3) is 4.13. The van der Waals surface area contributed by atoms with Crippen molar-refractivity contribution in [2.45, 2.75) is 50.4 Å². The summed E-state index contributed by atoms with van der Waals surface area (Å²) >= 11 is 3.54. The van der Waals surface area contributed by atoms with Crippen LogP contribution in [0.15, 0.2) is 48.5 Å². The maximum Gasteiger partial charge on any atom is 0.252 e. The predicted molar refractivity (Wildman–Crippen MR) is 123 cm³/mol. The quantitative estimate of drug-likeness (QED) is 0.426. The summed E-state index contributed by atoms with van der Waals surface area (Å²) in [5.41, 5.74) is 2.91. The Morgan fingerprint density at radius 3 is 2.57 bits per heavy atom. The van der Waals surface area contributed by atoms with E-state index in [1.807, 2.05) is 24.3 Å². The smallest absolute Gasteiger partial charge is 0.252 e. The highest BCUT2D eigenvalue weighted by atomic mass is 79.9. The molecule has 5 heteroatoms. The summed E-state index contributed by atoms with van der Waals surface area (Å²) in [4.78, 5) is 18.2. The predicted octanol–water partition coefficient (Wildman–Crippen LogP) is 6.63. The average Bonchev–Trinajstić information content (AvgIpc) is 2.78. The van der Waals surface area contributed by atoms with E-state index < -0.39 is 0 Å². The lowest BCUT2D eigenvalue weighted by molar-refractivity contribution is 0.0920. The standard InChI is InChI=1S/C25H26BrFN2O/c1-16(17-9-3-2-4-10-17)28-25(30)23-19-12-6-8-14-22(19)29-24(20(23)15-26)18-11-5-7-13-21(18)27/h5-8,11-14,16-17H,2-4,9-10,15H2,1H3,(H,28,30)/t16-/m0/s1. The van der Waals surface area contributed by atoms with Gasteiger partial charge in [-0.1, -0.05) is 65.5 Å². The molecule has 1 amide bonds. The van der Waals surface area contributed by atoms with Crippen LogP contribution in [0.4, 0.5) is 4.39 Å². The maximum atomic E-state index is 14.6. The molecule has 1 fully saturated rings. The number of fused-ring (bicyclic) bond motifs is 1. The highest BCUT2D eigenvalue weighted by Gasteiger charge is 2.26. The molecule has 0 spiro atoms. The summed E-state index contributed by atoms with van der Waals surface area (Å²) in [5, 5.41) is 4.45. The van der Waals surface area contributed by atoms with Crippen LogP contribution in [0.2, 0.25) is 0 Å². The molecule has 0 saturated heterocycles. The third-order valence-corrected chi connectivity index (χ3v) is 6.76. The zero-order chi connectivity index (χ0) is 21.1. The van der Waals surface area contributed by atoms with Crippen LogP contribution in [0.3, 0.4) is 0 Å². The van der Waals surface area contributed by atoms with E-state index in [2.05, 4.69) is 28.2 Å². The monoisotopic (exact) mass is 468 g/mol. The van der Waals surface area contributed by atoms with Crippen LogP contribution in [0.25, 0.3) is 22.2 Å². The highest BCUT2D eigenvalue weighted by Crippen LogP contribution is 2.33. The molecule has 1 heterocycles. The van der Waals surface area contributed by atoms with Crippen LogP contribution in [-0.4, -0.2) is 16.9 Å². The number of rotatable bonds is 5. The average molecular weight is 469 g/mol. The molecule has 0 bridgehead atoms. The van der Waals surface area contributed by atoms with Crippen molar-refractivity contribution in [2.75, 3.05) is 0 Å². The molecule has 1 aromatic heterocycles. The Morgan fingerprint density at radius 1 is 1.13 bits per heavy atom. The number of halogens is 2. The van der Waals surface area contributed by atoms with Crippen molar-refractivity contribution in [3.05, 3.63) is 65.5 Å². The van der Waals surface area contributed by atoms with E-state index >= 15 is 0 Å². The number of carbonyl (C=O) groups is 1. The van der Waals surface area contributed by atoms with Gasteiger partial charge in [0.1, 0.15) is 5.82 Å². The minimum absolute atomic E-state index is 0.102. The van der Waals surface area contributed by atoms with Crippen LogP contribution in [0.5, 0.6) is 0 Å². The summed E-state index contributed by atoms with van der Waals surface area (Å²) in [6.45, 7) is 2.10. The molecule has 0 unspecified atom stereocenters. The number of nitrogens with one attached hydrogen (secondary N) is 1. The molecule has 1 saturated carbocycles. The zero-order valence-corrected chi connectivity index (χ0v) is 18.7. The van der Waals surface area contributed by atoms with Gasteiger partial charge in [-0.15, -0.1) is 0 Å². The zero-order valence-electron chi connectivity index (χ0n) is 17.1. The van der Waals surface area contributed by atoms with E-state index in [1.54, 1.807) is 18.2 Å². The number of para-hydroxylation sites is 1. The first-order valence-electron chi connectivity index (χ1n) is 10.6. The number of alkyl halides is 1. The SMILES string of the molecule is C[C@H](NC(=O)c1c(CBr)c(-c2ccccc2F)nc2ccccc12)C1CCCCC1. The molecule has 3 nitrogen and oxygen atoms in total. The van der Waals surface area contributed by atoms with Crippen molar-refractivity contribution < 1.29 is 9.18 Å². The topological polar surface area (TPSA) is 42.0 Å². The Kier molecular flexibility index (Phi) is 6.47. The fourth-order valence-corrected chi connectivity index (χ4v) is 5.09. The summed E-state index contributed by atoms with van der Waals surface area (Å²) < 4.78 is 14.6. The molecule has 4 rings (SSSR count). The molecule has 1 aliphatic carbocycles. The van der Waals surface area contributed by atoms with Crippen molar-refractivity contribution in [3.63, 3.8) is 0 Å². The van der Waals surface area contributed by atoms with Gasteiger partial charge >= 0.3 is 0 Å². The number of hydrogen-bond donors (Lipinski definition) is 1. The van der Waals surface area contributed by atoms with Crippen LogP contribution < -0.4 is 5.32 Å². The number of benzene rings is 2. The van der Waals surface area contributed by atoms with Gasteiger partial charge in [-0.05, 0) is 43.9 Å². The van der Waals surface area contributed by atoms with Crippen LogP contribution in [0, 0.1) is 11.7 Å². The lowest BCUT2D eigenvalue weighted by atomic mass is 9.84. The molecule has 0 aliphatic heterocycles. The molecule has 30 heavy (non-hydrogen) atoms. The number of carbonyl (C=O) groups excluding carboxylic acids is 1. The number of amides is 1. The van der Waals surface area contributed by atoms with Gasteiger partial charge in [-0.2, -0.15) is 0 Å². The van der Waals surface area contributed by atoms with Crippen molar-refractivity contribution in [3.8, 4) is 11.3 Å². The Bertz CT molecular complexity index is 1060. The fourth-order valence-electron chi connectivity index (χ4n) is 4.55. The van der Waals surface area contributed by atoms with Crippen LogP contribution in [-0.2, 0) is 5.33 Å². The molecule has 1 N–H and O–H groups in total. The maximum absolute atomic E-state index is 14.6. The van der Waals surface area contributed by atoms with Crippen molar-refractivity contribution >= 4 is 32.7 Å². The lowest BCUT2D eigenvalue weighted by Gasteiger charge is -2.28. The molecule has 3 aromatic rings. The fraction of sp³-hybridized carbons (Fsp3) is 0.360. The summed E-state index contributed by atoms with van der Waals surface area (Å²) in [5.74, 6) is 0.0531. The Balaban J connectivity index is 1.81. The van der Waals surface area contributed by atoms with Gasteiger partial charge in [0.05, 0.1) is 16.8 Å². The second-order valence-electron chi connectivity index (χ2n) is 8.10. The van der Waals surface area contributed by atoms with E-state index in [-0.39, 0.29) is 17.8 Å². The van der Waals surface area contributed by atoms with Crippen molar-refractivity contribution in [1.82, 2.24) is 10.3 Å². The van der Waals surface area contributed by atoms with Crippen LogP contribution >= 0.6 is 15.9 Å². The van der Waals surface area contributed by atoms with E-state index in [0.717, 1.165) is 18.2 Å². The number of nitrogens with zero attached hydrogens (tertiary/aromatic N) is 1. The van der Waals surface area contributed by atoms with E-state index in [1.165, 1.54) is 25.3 Å². The van der Waals surface area contributed by atoms with Gasteiger partial charge in [0.25, 0.3) is 5.91 Å². The Labute approximate surface area is 185 Å². The first-order valence-corrected chi connectivity index (χ1v) is 11.8. The minimum Gasteiger partial charge on any atom is -0.349 e. The lowest BCUT2D eigenvalue weighted by Crippen LogP contribution is -2.39. The molecule has 1 atom stereocenters. The first-order chi connectivity index (χ1) is 14.6. The van der Waals surface area contributed by atoms with E-state index in [0.29, 0.717) is 39.1 Å². The molecular weight excluding hydrogens is 443 g/mol. The summed E-state index contributed by atoms with van der Waals surface area (Å²) in [6.07, 6.45) is 6.06. The minimum atomic E-state index is -0.343. The molecule has 1 aliphatic rings. The van der Waals surface area contributed by atoms with Gasteiger partial charge < -0.3 is 5.32 Å². The normalized spacial score (nSPS) is 15.8. The van der Waals surface area contributed by atoms with Crippen molar-refractivity contribution in [1.29, 1.82) is 0 Å². The van der Waals surface area contributed by atoms with E-state index in [4.69, 9.17) is 4.98 Å². The van der Waals surface area contributed by atoms with Gasteiger partial charge in [0.15, 0.2) is 0 Å². The molecule has 0 radical (unpaired) electrons. The van der Waals surface area contributed by atoms with Gasteiger partial charge in [0.2, 0.25) is 0 Å². The van der Waals surface area contributed by atoms with Gasteiger partial charge in [-0.25, -0.2) is 9.37 Å². The number of aromatic nitrogens is 1. The summed E-state index contributed by atoms with van der Waals surface area (Å²) in [7, 11) is 0. The second kappa shape index (κ2) is 9.25. The molecule has 156 valence electrons. The van der Waals surface area contributed by atoms with Crippen molar-refractivity contribution in [2.24, 2.45) is 5.92 Å². The van der Waals surface area contributed by atoms with E-state index in [9.17, 15) is 9.18 Å². The highest BCUT2D eigenvalue weighted by molar-refractivity contribution is 9.08. The first kappa shape index (κ1) is 21.0. The number of pyridine rings is 1. The third-order valence-electron chi connectivity index (χ3n) is 6.20.